The molecular weight excluding hydrogens is 220 g/mol. The maximum absolute atomic E-state index is 11.3. The van der Waals surface area contributed by atoms with Crippen LogP contribution in [0.5, 0.6) is 5.75 Å². The summed E-state index contributed by atoms with van der Waals surface area (Å²) in [6.07, 6.45) is 0. The zero-order valence-corrected chi connectivity index (χ0v) is 9.52. The van der Waals surface area contributed by atoms with Gasteiger partial charge in [-0.1, -0.05) is 29.8 Å². The first-order valence-electron chi connectivity index (χ1n) is 5.06. The van der Waals surface area contributed by atoms with E-state index < -0.39 is 5.97 Å². The molecule has 1 aromatic heterocycles. The number of nitrogens with zero attached hydrogens (tertiary/aromatic N) is 1. The Bertz CT molecular complexity index is 543. The standard InChI is InChI=1S/C12H12N2O3/c1-7-3-5-8(6-4-7)9-11(15)10(14-13-9)12(16)17-2/h3-6,15H,1-2H3,(H,13,14). The number of hydrogen-bond acceptors (Lipinski definition) is 4. The van der Waals surface area contributed by atoms with Crippen molar-refractivity contribution in [1.29, 1.82) is 0 Å². The molecule has 0 aliphatic carbocycles. The normalized spacial score (nSPS) is 10.2. The van der Waals surface area contributed by atoms with Crippen LogP contribution >= 0.6 is 0 Å². The Hall–Kier alpha value is -2.30. The second kappa shape index (κ2) is 4.29. The van der Waals surface area contributed by atoms with Gasteiger partial charge in [0.1, 0.15) is 5.69 Å². The first-order valence-corrected chi connectivity index (χ1v) is 5.06. The van der Waals surface area contributed by atoms with Crippen molar-refractivity contribution >= 4 is 5.97 Å². The molecule has 5 heteroatoms. The van der Waals surface area contributed by atoms with Crippen LogP contribution in [0.1, 0.15) is 16.1 Å². The van der Waals surface area contributed by atoms with Gasteiger partial charge in [-0.25, -0.2) is 4.79 Å². The van der Waals surface area contributed by atoms with Gasteiger partial charge < -0.3 is 9.84 Å². The van der Waals surface area contributed by atoms with Crippen molar-refractivity contribution in [2.24, 2.45) is 0 Å². The number of aromatic amines is 1. The Kier molecular flexibility index (Phi) is 2.82. The highest BCUT2D eigenvalue weighted by Gasteiger charge is 2.19. The van der Waals surface area contributed by atoms with Gasteiger partial charge in [0, 0.05) is 5.56 Å². The van der Waals surface area contributed by atoms with E-state index in [-0.39, 0.29) is 11.4 Å². The summed E-state index contributed by atoms with van der Waals surface area (Å²) in [5, 5.41) is 16.2. The average molecular weight is 232 g/mol. The highest BCUT2D eigenvalue weighted by Crippen LogP contribution is 2.30. The number of esters is 1. The average Bonchev–Trinajstić information content (AvgIpc) is 2.71. The number of benzene rings is 1. The molecule has 0 bridgehead atoms. The summed E-state index contributed by atoms with van der Waals surface area (Å²) in [5.41, 5.74) is 2.14. The van der Waals surface area contributed by atoms with Gasteiger partial charge in [-0.3, -0.25) is 5.10 Å². The van der Waals surface area contributed by atoms with E-state index in [1.165, 1.54) is 7.11 Å². The van der Waals surface area contributed by atoms with Crippen molar-refractivity contribution in [2.75, 3.05) is 7.11 Å². The van der Waals surface area contributed by atoms with E-state index in [0.717, 1.165) is 11.1 Å². The Morgan fingerprint density at radius 3 is 2.59 bits per heavy atom. The van der Waals surface area contributed by atoms with E-state index in [2.05, 4.69) is 14.9 Å². The lowest BCUT2D eigenvalue weighted by atomic mass is 10.1. The summed E-state index contributed by atoms with van der Waals surface area (Å²) in [6, 6.07) is 7.46. The molecular formula is C12H12N2O3. The number of aromatic hydroxyl groups is 1. The number of ether oxygens (including phenoxy) is 1. The molecule has 2 aromatic rings. The SMILES string of the molecule is COC(=O)c1[nH]nc(-c2ccc(C)cc2)c1O. The number of methoxy groups -OCH3 is 1. The highest BCUT2D eigenvalue weighted by atomic mass is 16.5. The molecule has 17 heavy (non-hydrogen) atoms. The Labute approximate surface area is 98.0 Å². The fraction of sp³-hybridized carbons (Fsp3) is 0.167. The molecule has 0 saturated carbocycles. The zero-order chi connectivity index (χ0) is 12.4. The number of nitrogens with one attached hydrogen (secondary N) is 1. The van der Waals surface area contributed by atoms with Crippen LogP contribution in [-0.2, 0) is 4.74 Å². The minimum atomic E-state index is -0.645. The third kappa shape index (κ3) is 1.99. The summed E-state index contributed by atoms with van der Waals surface area (Å²) in [7, 11) is 1.24. The molecule has 0 aliphatic heterocycles. The Morgan fingerprint density at radius 2 is 2.00 bits per heavy atom. The van der Waals surface area contributed by atoms with E-state index in [4.69, 9.17) is 0 Å². The monoisotopic (exact) mass is 232 g/mol. The van der Waals surface area contributed by atoms with Crippen LogP contribution in [0, 0.1) is 6.92 Å². The molecule has 5 nitrogen and oxygen atoms in total. The topological polar surface area (TPSA) is 75.2 Å². The van der Waals surface area contributed by atoms with Gasteiger partial charge in [-0.2, -0.15) is 5.10 Å². The van der Waals surface area contributed by atoms with Gasteiger partial charge in [-0.15, -0.1) is 0 Å². The summed E-state index contributed by atoms with van der Waals surface area (Å²) < 4.78 is 4.52. The number of hydrogen-bond donors (Lipinski definition) is 2. The number of carbonyl (C=O) groups is 1. The van der Waals surface area contributed by atoms with Crippen molar-refractivity contribution in [1.82, 2.24) is 10.2 Å². The second-order valence-electron chi connectivity index (χ2n) is 3.65. The van der Waals surface area contributed by atoms with E-state index in [1.54, 1.807) is 0 Å². The Balaban J connectivity index is 2.44. The third-order valence-electron chi connectivity index (χ3n) is 2.46. The molecule has 2 rings (SSSR count). The molecule has 1 heterocycles. The number of aromatic nitrogens is 2. The maximum Gasteiger partial charge on any atom is 0.359 e. The highest BCUT2D eigenvalue weighted by molar-refractivity contribution is 5.92. The molecule has 88 valence electrons. The predicted molar refractivity (Wildman–Crippen MR) is 61.8 cm³/mol. The minimum absolute atomic E-state index is 0.0388. The predicted octanol–water partition coefficient (Wildman–Crippen LogP) is 1.88. The van der Waals surface area contributed by atoms with Crippen molar-refractivity contribution in [3.8, 4) is 17.0 Å². The quantitative estimate of drug-likeness (QED) is 0.775. The van der Waals surface area contributed by atoms with Gasteiger partial charge in [0.05, 0.1) is 7.11 Å². The molecule has 0 aliphatic rings. The molecule has 0 atom stereocenters. The molecule has 0 unspecified atom stereocenters. The molecule has 0 fully saturated rings. The van der Waals surface area contributed by atoms with Crippen molar-refractivity contribution in [3.05, 3.63) is 35.5 Å². The van der Waals surface area contributed by atoms with E-state index in [9.17, 15) is 9.90 Å². The number of H-pyrrole nitrogens is 1. The fourth-order valence-corrected chi connectivity index (χ4v) is 1.49. The minimum Gasteiger partial charge on any atom is -0.504 e. The molecule has 1 aromatic carbocycles. The van der Waals surface area contributed by atoms with Gasteiger partial charge in [0.25, 0.3) is 0 Å². The van der Waals surface area contributed by atoms with Crippen LogP contribution in [0.3, 0.4) is 0 Å². The van der Waals surface area contributed by atoms with Gasteiger partial charge in [0.2, 0.25) is 0 Å². The number of aryl methyl sites for hydroxylation is 1. The summed E-state index contributed by atoms with van der Waals surface area (Å²) >= 11 is 0. The maximum atomic E-state index is 11.3. The summed E-state index contributed by atoms with van der Waals surface area (Å²) in [6.45, 7) is 1.97. The number of rotatable bonds is 2. The van der Waals surface area contributed by atoms with E-state index in [1.807, 2.05) is 31.2 Å². The first kappa shape index (κ1) is 11.2. The van der Waals surface area contributed by atoms with Crippen molar-refractivity contribution in [3.63, 3.8) is 0 Å². The van der Waals surface area contributed by atoms with Crippen LogP contribution in [0.2, 0.25) is 0 Å². The molecule has 0 amide bonds. The zero-order valence-electron chi connectivity index (χ0n) is 9.52. The van der Waals surface area contributed by atoms with Crippen molar-refractivity contribution < 1.29 is 14.6 Å². The van der Waals surface area contributed by atoms with Crippen LogP contribution in [0.15, 0.2) is 24.3 Å². The molecule has 0 radical (unpaired) electrons. The smallest absolute Gasteiger partial charge is 0.359 e. The largest absolute Gasteiger partial charge is 0.504 e. The van der Waals surface area contributed by atoms with Crippen LogP contribution in [-0.4, -0.2) is 28.4 Å². The van der Waals surface area contributed by atoms with Crippen LogP contribution < -0.4 is 0 Å². The third-order valence-corrected chi connectivity index (χ3v) is 2.46. The lowest BCUT2D eigenvalue weighted by Crippen LogP contribution is -2.01. The summed E-state index contributed by atoms with van der Waals surface area (Å²) in [5.74, 6) is -0.839. The fourth-order valence-electron chi connectivity index (χ4n) is 1.49. The lowest BCUT2D eigenvalue weighted by molar-refractivity contribution is 0.0591. The Morgan fingerprint density at radius 1 is 1.35 bits per heavy atom. The number of carbonyl (C=O) groups excluding carboxylic acids is 1. The van der Waals surface area contributed by atoms with Crippen molar-refractivity contribution in [2.45, 2.75) is 6.92 Å². The summed E-state index contributed by atoms with van der Waals surface area (Å²) in [4.78, 5) is 11.3. The molecule has 2 N–H and O–H groups in total. The van der Waals surface area contributed by atoms with E-state index in [0.29, 0.717) is 5.69 Å². The second-order valence-corrected chi connectivity index (χ2v) is 3.65. The van der Waals surface area contributed by atoms with Crippen LogP contribution in [0.25, 0.3) is 11.3 Å². The van der Waals surface area contributed by atoms with Gasteiger partial charge in [-0.05, 0) is 6.92 Å². The van der Waals surface area contributed by atoms with E-state index >= 15 is 0 Å². The van der Waals surface area contributed by atoms with Gasteiger partial charge >= 0.3 is 5.97 Å². The lowest BCUT2D eigenvalue weighted by Gasteiger charge is -1.99. The first-order chi connectivity index (χ1) is 8.13. The van der Waals surface area contributed by atoms with Crippen LogP contribution in [0.4, 0.5) is 0 Å². The van der Waals surface area contributed by atoms with Gasteiger partial charge in [0.15, 0.2) is 11.4 Å². The molecule has 0 saturated heterocycles. The molecule has 0 spiro atoms.